The molecule has 0 saturated carbocycles. The molecule has 0 aliphatic rings. The lowest BCUT2D eigenvalue weighted by molar-refractivity contribution is 0.294. The quantitative estimate of drug-likeness (QED) is 0.470. The van der Waals surface area contributed by atoms with Crippen molar-refractivity contribution >= 4 is 16.7 Å². The molecule has 2 heterocycles. The molecule has 31 heavy (non-hydrogen) atoms. The molecule has 0 radical (unpaired) electrons. The zero-order valence-corrected chi connectivity index (χ0v) is 18.5. The monoisotopic (exact) mass is 416 g/mol. The summed E-state index contributed by atoms with van der Waals surface area (Å²) in [6.07, 6.45) is 3.71. The topological polar surface area (TPSA) is 70.2 Å². The summed E-state index contributed by atoms with van der Waals surface area (Å²) in [6, 6.07) is 14.2. The van der Waals surface area contributed by atoms with Crippen LogP contribution in [-0.4, -0.2) is 59.3 Å². The summed E-state index contributed by atoms with van der Waals surface area (Å²) in [6.45, 7) is 4.14. The van der Waals surface area contributed by atoms with E-state index in [1.165, 1.54) is 0 Å². The first-order valence-corrected chi connectivity index (χ1v) is 10.4. The molecule has 0 saturated heterocycles. The molecule has 0 atom stereocenters. The molecule has 0 aliphatic heterocycles. The van der Waals surface area contributed by atoms with E-state index in [-0.39, 0.29) is 0 Å². The van der Waals surface area contributed by atoms with Gasteiger partial charge in [0.15, 0.2) is 5.82 Å². The number of H-pyrrole nitrogens is 1. The van der Waals surface area contributed by atoms with Crippen molar-refractivity contribution in [3.8, 4) is 16.9 Å². The average molecular weight is 417 g/mol. The van der Waals surface area contributed by atoms with Crippen molar-refractivity contribution in [2.24, 2.45) is 0 Å². The van der Waals surface area contributed by atoms with Crippen LogP contribution in [0.5, 0.6) is 5.75 Å². The number of para-hydroxylation sites is 1. The molecule has 0 spiro atoms. The van der Waals surface area contributed by atoms with Crippen LogP contribution in [0.4, 0.5) is 5.82 Å². The Hall–Kier alpha value is -3.45. The lowest BCUT2D eigenvalue weighted by Crippen LogP contribution is -2.29. The highest BCUT2D eigenvalue weighted by Gasteiger charge is 2.14. The lowest BCUT2D eigenvalue weighted by atomic mass is 10.1. The predicted octanol–water partition coefficient (Wildman–Crippen LogP) is 3.91. The van der Waals surface area contributed by atoms with Gasteiger partial charge in [-0.3, -0.25) is 5.10 Å². The third-order valence-electron chi connectivity index (χ3n) is 5.25. The molecule has 7 heteroatoms. The average Bonchev–Trinajstić information content (AvgIpc) is 3.31. The van der Waals surface area contributed by atoms with E-state index < -0.39 is 0 Å². The van der Waals surface area contributed by atoms with E-state index >= 15 is 0 Å². The summed E-state index contributed by atoms with van der Waals surface area (Å²) in [5.41, 5.74) is 4.11. The van der Waals surface area contributed by atoms with Crippen LogP contribution in [0.15, 0.2) is 54.9 Å². The minimum absolute atomic E-state index is 0.318. The van der Waals surface area contributed by atoms with Crippen molar-refractivity contribution in [1.82, 2.24) is 25.1 Å². The van der Waals surface area contributed by atoms with Crippen LogP contribution in [-0.2, 0) is 6.61 Å². The Morgan fingerprint density at radius 2 is 1.81 bits per heavy atom. The number of anilines is 1. The number of nitrogens with one attached hydrogen (secondary N) is 1. The third-order valence-corrected chi connectivity index (χ3v) is 5.25. The highest BCUT2D eigenvalue weighted by atomic mass is 16.5. The van der Waals surface area contributed by atoms with Gasteiger partial charge in [0.25, 0.3) is 0 Å². The van der Waals surface area contributed by atoms with Crippen LogP contribution in [0.2, 0.25) is 0 Å². The van der Waals surface area contributed by atoms with Crippen LogP contribution in [0.1, 0.15) is 11.4 Å². The lowest BCUT2D eigenvalue weighted by Gasteiger charge is -2.23. The number of aryl methyl sites for hydroxylation is 1. The van der Waals surface area contributed by atoms with E-state index in [1.807, 2.05) is 49.6 Å². The number of aromatic amines is 1. The minimum Gasteiger partial charge on any atom is -0.485 e. The van der Waals surface area contributed by atoms with Gasteiger partial charge >= 0.3 is 0 Å². The Labute approximate surface area is 182 Å². The van der Waals surface area contributed by atoms with E-state index in [0.717, 1.165) is 52.3 Å². The molecule has 0 aliphatic carbocycles. The maximum absolute atomic E-state index is 6.02. The smallest absolute Gasteiger partial charge is 0.168 e. The van der Waals surface area contributed by atoms with Crippen molar-refractivity contribution < 1.29 is 4.74 Å². The number of nitrogens with zero attached hydrogens (tertiary/aromatic N) is 5. The molecule has 0 fully saturated rings. The Bertz CT molecular complexity index is 1160. The number of fused-ring (bicyclic) bond motifs is 1. The summed E-state index contributed by atoms with van der Waals surface area (Å²) in [7, 11) is 6.22. The van der Waals surface area contributed by atoms with Crippen molar-refractivity contribution in [2.75, 3.05) is 39.1 Å². The number of aromatic nitrogens is 4. The Morgan fingerprint density at radius 1 is 0.968 bits per heavy atom. The largest absolute Gasteiger partial charge is 0.485 e. The number of rotatable bonds is 8. The van der Waals surface area contributed by atoms with Crippen LogP contribution in [0.3, 0.4) is 0 Å². The molecule has 0 unspecified atom stereocenters. The predicted molar refractivity (Wildman–Crippen MR) is 124 cm³/mol. The number of likely N-dealkylation sites (N-methyl/N-ethyl adjacent to an activating group) is 2. The van der Waals surface area contributed by atoms with Gasteiger partial charge in [0, 0.05) is 37.3 Å². The number of ether oxygens (including phenoxy) is 1. The number of hydrogen-bond acceptors (Lipinski definition) is 6. The highest BCUT2D eigenvalue weighted by molar-refractivity contribution is 5.93. The molecule has 4 rings (SSSR count). The molecule has 4 aromatic rings. The second kappa shape index (κ2) is 9.14. The molecule has 0 bridgehead atoms. The van der Waals surface area contributed by atoms with Crippen molar-refractivity contribution in [3.63, 3.8) is 0 Å². The number of hydrogen-bond donors (Lipinski definition) is 1. The zero-order valence-electron chi connectivity index (χ0n) is 18.5. The van der Waals surface area contributed by atoms with E-state index in [9.17, 15) is 0 Å². The van der Waals surface area contributed by atoms with Gasteiger partial charge in [-0.25, -0.2) is 9.97 Å². The molecule has 160 valence electrons. The van der Waals surface area contributed by atoms with Gasteiger partial charge in [-0.05, 0) is 50.3 Å². The summed E-state index contributed by atoms with van der Waals surface area (Å²) < 4.78 is 6.02. The standard InChI is InChI=1S/C24H28N6O/c1-17-7-5-6-8-22(17)31-16-23-27-21-10-9-18(19-14-25-26-15-19)13-20(21)24(28-23)30(4)12-11-29(2)3/h5-10,13-15H,11-12,16H2,1-4H3,(H,25,26). The maximum atomic E-state index is 6.02. The fraction of sp³-hybridized carbons (Fsp3) is 0.292. The molecule has 2 aromatic heterocycles. The Morgan fingerprint density at radius 3 is 2.55 bits per heavy atom. The van der Waals surface area contributed by atoms with Crippen LogP contribution in [0.25, 0.3) is 22.0 Å². The van der Waals surface area contributed by atoms with E-state index in [4.69, 9.17) is 14.7 Å². The van der Waals surface area contributed by atoms with Gasteiger partial charge in [0.2, 0.25) is 0 Å². The first-order chi connectivity index (χ1) is 15.0. The second-order valence-electron chi connectivity index (χ2n) is 7.96. The van der Waals surface area contributed by atoms with E-state index in [0.29, 0.717) is 12.4 Å². The minimum atomic E-state index is 0.318. The first-order valence-electron chi connectivity index (χ1n) is 10.4. The molecule has 2 aromatic carbocycles. The van der Waals surface area contributed by atoms with E-state index in [1.54, 1.807) is 0 Å². The fourth-order valence-electron chi connectivity index (χ4n) is 3.42. The van der Waals surface area contributed by atoms with Crippen molar-refractivity contribution in [2.45, 2.75) is 13.5 Å². The number of benzene rings is 2. The van der Waals surface area contributed by atoms with Crippen LogP contribution < -0.4 is 9.64 Å². The summed E-state index contributed by atoms with van der Waals surface area (Å²) >= 11 is 0. The summed E-state index contributed by atoms with van der Waals surface area (Å²) in [4.78, 5) is 14.0. The maximum Gasteiger partial charge on any atom is 0.168 e. The van der Waals surface area contributed by atoms with Crippen LogP contribution in [0, 0.1) is 6.92 Å². The summed E-state index contributed by atoms with van der Waals surface area (Å²) in [5.74, 6) is 2.42. The Balaban J connectivity index is 1.70. The van der Waals surface area contributed by atoms with Gasteiger partial charge in [0.05, 0.1) is 11.7 Å². The van der Waals surface area contributed by atoms with Gasteiger partial charge < -0.3 is 14.5 Å². The van der Waals surface area contributed by atoms with Crippen molar-refractivity contribution in [3.05, 3.63) is 66.2 Å². The van der Waals surface area contributed by atoms with Gasteiger partial charge in [-0.2, -0.15) is 5.10 Å². The molecular weight excluding hydrogens is 388 g/mol. The van der Waals surface area contributed by atoms with Gasteiger partial charge in [-0.15, -0.1) is 0 Å². The van der Waals surface area contributed by atoms with Gasteiger partial charge in [-0.1, -0.05) is 24.3 Å². The van der Waals surface area contributed by atoms with E-state index in [2.05, 4.69) is 53.3 Å². The molecule has 1 N–H and O–H groups in total. The summed E-state index contributed by atoms with van der Waals surface area (Å²) in [5, 5.41) is 7.96. The van der Waals surface area contributed by atoms with Crippen molar-refractivity contribution in [1.29, 1.82) is 0 Å². The zero-order chi connectivity index (χ0) is 21.8. The first kappa shape index (κ1) is 20.8. The normalized spacial score (nSPS) is 11.3. The third kappa shape index (κ3) is 4.83. The fourth-order valence-corrected chi connectivity index (χ4v) is 3.42. The SMILES string of the molecule is Cc1ccccc1OCc1nc(N(C)CCN(C)C)c2cc(-c3cn[nH]c3)ccc2n1. The van der Waals surface area contributed by atoms with Crippen LogP contribution >= 0.6 is 0 Å². The Kier molecular flexibility index (Phi) is 6.13. The molecular formula is C24H28N6O. The second-order valence-corrected chi connectivity index (χ2v) is 7.96. The molecule has 0 amide bonds. The molecule has 7 nitrogen and oxygen atoms in total. The highest BCUT2D eigenvalue weighted by Crippen LogP contribution is 2.29. The van der Waals surface area contributed by atoms with Gasteiger partial charge in [0.1, 0.15) is 18.2 Å².